The van der Waals surface area contributed by atoms with Gasteiger partial charge in [0.05, 0.1) is 20.3 Å². The van der Waals surface area contributed by atoms with Gasteiger partial charge in [0.15, 0.2) is 11.5 Å². The molecule has 2 aromatic carbocycles. The summed E-state index contributed by atoms with van der Waals surface area (Å²) >= 11 is 1.81. The Bertz CT molecular complexity index is 909. The van der Waals surface area contributed by atoms with Gasteiger partial charge in [0.1, 0.15) is 6.10 Å². The molecule has 0 saturated carbocycles. The third-order valence-corrected chi connectivity index (χ3v) is 7.22. The maximum absolute atomic E-state index is 12.7. The maximum Gasteiger partial charge on any atom is 0.223 e. The van der Waals surface area contributed by atoms with Crippen molar-refractivity contribution in [2.24, 2.45) is 0 Å². The van der Waals surface area contributed by atoms with E-state index in [0.29, 0.717) is 18.9 Å². The predicted octanol–water partition coefficient (Wildman–Crippen LogP) is 5.09. The lowest BCUT2D eigenvalue weighted by Crippen LogP contribution is -2.27. The van der Waals surface area contributed by atoms with Crippen LogP contribution < -0.4 is 9.47 Å². The first-order valence-electron chi connectivity index (χ1n) is 11.5. The second-order valence-corrected chi connectivity index (χ2v) is 10.00. The van der Waals surface area contributed by atoms with E-state index >= 15 is 0 Å². The minimum atomic E-state index is 0.0625. The first-order valence-corrected chi connectivity index (χ1v) is 12.4. The smallest absolute Gasteiger partial charge is 0.223 e. The van der Waals surface area contributed by atoms with Gasteiger partial charge in [-0.3, -0.25) is 4.79 Å². The number of amides is 1. The molecule has 4 rings (SSSR count). The number of thioether (sulfide) groups is 1. The van der Waals surface area contributed by atoms with Crippen molar-refractivity contribution in [2.75, 3.05) is 39.2 Å². The zero-order valence-electron chi connectivity index (χ0n) is 19.2. The number of hydrogen-bond donors (Lipinski definition) is 0. The molecule has 2 fully saturated rings. The van der Waals surface area contributed by atoms with Gasteiger partial charge < -0.3 is 19.1 Å². The van der Waals surface area contributed by atoms with Gasteiger partial charge in [0, 0.05) is 42.5 Å². The minimum Gasteiger partial charge on any atom is -0.493 e. The Morgan fingerprint density at radius 3 is 2.66 bits per heavy atom. The van der Waals surface area contributed by atoms with E-state index in [4.69, 9.17) is 14.2 Å². The van der Waals surface area contributed by atoms with Gasteiger partial charge in [-0.2, -0.15) is 0 Å². The molecule has 0 aromatic heterocycles. The highest BCUT2D eigenvalue weighted by Gasteiger charge is 2.31. The average molecular weight is 456 g/mol. The molecule has 0 spiro atoms. The number of likely N-dealkylation sites (tertiary alicyclic amines) is 1. The van der Waals surface area contributed by atoms with Crippen molar-refractivity contribution in [3.8, 4) is 11.5 Å². The van der Waals surface area contributed by atoms with Crippen LogP contribution in [-0.4, -0.2) is 56.1 Å². The highest BCUT2D eigenvalue weighted by atomic mass is 32.2. The summed E-state index contributed by atoms with van der Waals surface area (Å²) in [6.45, 7) is 7.28. The Morgan fingerprint density at radius 1 is 1.16 bits per heavy atom. The number of methoxy groups -OCH3 is 1. The first-order chi connectivity index (χ1) is 15.5. The number of benzene rings is 2. The Labute approximate surface area is 195 Å². The summed E-state index contributed by atoms with van der Waals surface area (Å²) in [6.07, 6.45) is 1.50. The third kappa shape index (κ3) is 5.59. The number of hydrogen-bond acceptors (Lipinski definition) is 5. The number of carbonyl (C=O) groups is 1. The van der Waals surface area contributed by atoms with Crippen LogP contribution >= 0.6 is 11.8 Å². The summed E-state index contributed by atoms with van der Waals surface area (Å²) in [5, 5.41) is 0. The Hall–Kier alpha value is -2.18. The fourth-order valence-electron chi connectivity index (χ4n) is 4.26. The van der Waals surface area contributed by atoms with Gasteiger partial charge in [-0.05, 0) is 41.3 Å². The van der Waals surface area contributed by atoms with Crippen LogP contribution in [0.2, 0.25) is 0 Å². The van der Waals surface area contributed by atoms with Crippen LogP contribution in [-0.2, 0) is 9.53 Å². The molecule has 2 aromatic rings. The molecule has 2 saturated heterocycles. The zero-order valence-corrected chi connectivity index (χ0v) is 20.0. The monoisotopic (exact) mass is 455 g/mol. The van der Waals surface area contributed by atoms with Crippen LogP contribution in [0.25, 0.3) is 0 Å². The summed E-state index contributed by atoms with van der Waals surface area (Å²) in [7, 11) is 1.65. The fourth-order valence-corrected chi connectivity index (χ4v) is 5.13. The van der Waals surface area contributed by atoms with Gasteiger partial charge in [0.2, 0.25) is 5.91 Å². The van der Waals surface area contributed by atoms with Crippen LogP contribution in [0.4, 0.5) is 0 Å². The molecule has 0 radical (unpaired) electrons. The van der Waals surface area contributed by atoms with Gasteiger partial charge >= 0.3 is 0 Å². The van der Waals surface area contributed by atoms with E-state index in [9.17, 15) is 4.79 Å². The number of carbonyl (C=O) groups excluding carboxylic acids is 1. The van der Waals surface area contributed by atoms with E-state index in [-0.39, 0.29) is 17.9 Å². The molecule has 0 unspecified atom stereocenters. The van der Waals surface area contributed by atoms with Crippen LogP contribution in [0.15, 0.2) is 47.4 Å². The summed E-state index contributed by atoms with van der Waals surface area (Å²) in [6, 6.07) is 14.8. The molecule has 172 valence electrons. The lowest BCUT2D eigenvalue weighted by atomic mass is 9.98. The summed E-state index contributed by atoms with van der Waals surface area (Å²) in [5.41, 5.74) is 2.49. The lowest BCUT2D eigenvalue weighted by molar-refractivity contribution is -0.127. The van der Waals surface area contributed by atoms with Gasteiger partial charge in [-0.15, -0.1) is 11.8 Å². The molecule has 2 atom stereocenters. The van der Waals surface area contributed by atoms with E-state index in [1.165, 1.54) is 10.5 Å². The second kappa shape index (κ2) is 10.6. The molecule has 32 heavy (non-hydrogen) atoms. The van der Waals surface area contributed by atoms with Crippen molar-refractivity contribution < 1.29 is 19.0 Å². The lowest BCUT2D eigenvalue weighted by Gasteiger charge is -2.19. The van der Waals surface area contributed by atoms with E-state index in [2.05, 4.69) is 44.2 Å². The fraction of sp³-hybridized carbons (Fsp3) is 0.500. The van der Waals surface area contributed by atoms with Crippen LogP contribution in [0.5, 0.6) is 11.5 Å². The zero-order chi connectivity index (χ0) is 22.5. The van der Waals surface area contributed by atoms with E-state index in [0.717, 1.165) is 48.9 Å². The van der Waals surface area contributed by atoms with Gasteiger partial charge in [-0.25, -0.2) is 0 Å². The largest absolute Gasteiger partial charge is 0.493 e. The standard InChI is InChI=1S/C26H33NO4S/c1-18(2)19-4-7-23(8-5-19)32-13-11-27-16-21(15-26(27)28)20-6-9-24(29-3)25(14-20)31-22-10-12-30-17-22/h4-9,14,18,21-22H,10-13,15-17H2,1-3H3/t21-,22-/m1/s1. The predicted molar refractivity (Wildman–Crippen MR) is 128 cm³/mol. The van der Waals surface area contributed by atoms with Crippen molar-refractivity contribution in [3.63, 3.8) is 0 Å². The molecule has 0 bridgehead atoms. The van der Waals surface area contributed by atoms with E-state index in [1.807, 2.05) is 28.8 Å². The van der Waals surface area contributed by atoms with E-state index < -0.39 is 0 Å². The quantitative estimate of drug-likeness (QED) is 0.493. The van der Waals surface area contributed by atoms with Gasteiger partial charge in [0.25, 0.3) is 0 Å². The van der Waals surface area contributed by atoms with Crippen molar-refractivity contribution in [1.82, 2.24) is 4.90 Å². The van der Waals surface area contributed by atoms with Crippen LogP contribution in [0.3, 0.4) is 0 Å². The molecule has 1 amide bonds. The second-order valence-electron chi connectivity index (χ2n) is 8.83. The number of rotatable bonds is 9. The minimum absolute atomic E-state index is 0.0625. The van der Waals surface area contributed by atoms with Crippen molar-refractivity contribution in [2.45, 2.75) is 49.5 Å². The molecular formula is C26H33NO4S. The molecule has 2 heterocycles. The average Bonchev–Trinajstić information content (AvgIpc) is 3.44. The Balaban J connectivity index is 1.33. The molecule has 2 aliphatic heterocycles. The Kier molecular flexibility index (Phi) is 7.63. The highest BCUT2D eigenvalue weighted by molar-refractivity contribution is 7.99. The normalized spacial score (nSPS) is 20.9. The van der Waals surface area contributed by atoms with Crippen molar-refractivity contribution >= 4 is 17.7 Å². The Morgan fingerprint density at radius 2 is 1.97 bits per heavy atom. The van der Waals surface area contributed by atoms with E-state index in [1.54, 1.807) is 7.11 Å². The first kappa shape index (κ1) is 23.0. The number of ether oxygens (including phenoxy) is 3. The third-order valence-electron chi connectivity index (χ3n) is 6.23. The number of nitrogens with zero attached hydrogens (tertiary/aromatic N) is 1. The summed E-state index contributed by atoms with van der Waals surface area (Å²) < 4.78 is 17.0. The molecule has 5 nitrogen and oxygen atoms in total. The maximum atomic E-state index is 12.7. The topological polar surface area (TPSA) is 48.0 Å². The molecular weight excluding hydrogens is 422 g/mol. The highest BCUT2D eigenvalue weighted by Crippen LogP contribution is 2.36. The molecule has 0 N–H and O–H groups in total. The van der Waals surface area contributed by atoms with Crippen molar-refractivity contribution in [3.05, 3.63) is 53.6 Å². The molecule has 2 aliphatic rings. The molecule has 6 heteroatoms. The summed E-state index contributed by atoms with van der Waals surface area (Å²) in [5.74, 6) is 3.33. The van der Waals surface area contributed by atoms with Crippen LogP contribution in [0, 0.1) is 0 Å². The van der Waals surface area contributed by atoms with Crippen LogP contribution in [0.1, 0.15) is 49.7 Å². The van der Waals surface area contributed by atoms with Gasteiger partial charge in [-0.1, -0.05) is 32.0 Å². The van der Waals surface area contributed by atoms with Crippen molar-refractivity contribution in [1.29, 1.82) is 0 Å². The molecule has 0 aliphatic carbocycles. The summed E-state index contributed by atoms with van der Waals surface area (Å²) in [4.78, 5) is 15.9. The SMILES string of the molecule is COc1ccc([C@@H]2CC(=O)N(CCSc3ccc(C(C)C)cc3)C2)cc1O[C@@H]1CCOC1.